The Hall–Kier alpha value is -8.46. The lowest BCUT2D eigenvalue weighted by Gasteiger charge is -2.26. The van der Waals surface area contributed by atoms with Crippen molar-refractivity contribution < 1.29 is 0 Å². The van der Waals surface area contributed by atoms with Gasteiger partial charge < -0.3 is 9.47 Å². The highest BCUT2D eigenvalue weighted by Crippen LogP contribution is 2.41. The van der Waals surface area contributed by atoms with Gasteiger partial charge in [-0.25, -0.2) is 0 Å². The molecule has 1 aromatic heterocycles. The molecule has 2 heteroatoms. The molecule has 2 nitrogen and oxygen atoms in total. The van der Waals surface area contributed by atoms with Crippen LogP contribution in [0, 0.1) is 0 Å². The lowest BCUT2D eigenvalue weighted by Crippen LogP contribution is -2.09. The van der Waals surface area contributed by atoms with Crippen LogP contribution in [0.2, 0.25) is 0 Å². The molecule has 0 atom stereocenters. The van der Waals surface area contributed by atoms with Gasteiger partial charge in [0.05, 0.1) is 11.0 Å². The van der Waals surface area contributed by atoms with Crippen molar-refractivity contribution >= 4 is 60.4 Å². The van der Waals surface area contributed by atoms with Crippen LogP contribution in [0.25, 0.3) is 93.5 Å². The van der Waals surface area contributed by atoms with E-state index >= 15 is 0 Å². The van der Waals surface area contributed by atoms with Crippen molar-refractivity contribution in [1.82, 2.24) is 4.57 Å². The van der Waals surface area contributed by atoms with Crippen molar-refractivity contribution in [3.63, 3.8) is 0 Å². The molecule has 0 N–H and O–H groups in total. The predicted octanol–water partition coefficient (Wildman–Crippen LogP) is 17.2. The number of hydrogen-bond acceptors (Lipinski definition) is 1. The number of benzene rings is 11. The summed E-state index contributed by atoms with van der Waals surface area (Å²) in [6.07, 6.45) is 0. The number of nitrogens with zero attached hydrogens (tertiary/aromatic N) is 2. The van der Waals surface area contributed by atoms with Crippen LogP contribution in [-0.4, -0.2) is 4.57 Å². The van der Waals surface area contributed by atoms with E-state index in [4.69, 9.17) is 0 Å². The quantitative estimate of drug-likeness (QED) is 0.148. The van der Waals surface area contributed by atoms with Gasteiger partial charge in [0.1, 0.15) is 0 Å². The minimum Gasteiger partial charge on any atom is -0.311 e. The number of para-hydroxylation sites is 1. The van der Waals surface area contributed by atoms with Crippen molar-refractivity contribution in [3.8, 4) is 50.2 Å². The van der Waals surface area contributed by atoms with Gasteiger partial charge in [0.15, 0.2) is 0 Å². The van der Waals surface area contributed by atoms with Gasteiger partial charge in [0.2, 0.25) is 0 Å². The molecular weight excluding hydrogens is 773 g/mol. The maximum atomic E-state index is 2.44. The summed E-state index contributed by atoms with van der Waals surface area (Å²) in [5, 5.41) is 7.51. The summed E-state index contributed by atoms with van der Waals surface area (Å²) in [5.41, 5.74) is 16.4. The average Bonchev–Trinajstić information content (AvgIpc) is 3.72. The van der Waals surface area contributed by atoms with Crippen molar-refractivity contribution in [2.24, 2.45) is 0 Å². The highest BCUT2D eigenvalue weighted by molar-refractivity contribution is 6.19. The van der Waals surface area contributed by atoms with E-state index in [9.17, 15) is 0 Å². The maximum absolute atomic E-state index is 2.44. The van der Waals surface area contributed by atoms with Crippen LogP contribution < -0.4 is 4.90 Å². The van der Waals surface area contributed by atoms with Gasteiger partial charge in [-0.1, -0.05) is 194 Å². The number of anilines is 3. The zero-order chi connectivity index (χ0) is 42.4. The van der Waals surface area contributed by atoms with E-state index in [-0.39, 0.29) is 0 Å². The minimum atomic E-state index is 1.09. The Bertz CT molecular complexity index is 3620. The van der Waals surface area contributed by atoms with Gasteiger partial charge in [-0.2, -0.15) is 0 Å². The van der Waals surface area contributed by atoms with Gasteiger partial charge in [-0.3, -0.25) is 0 Å². The Labute approximate surface area is 373 Å². The molecule has 0 aliphatic heterocycles. The van der Waals surface area contributed by atoms with Crippen LogP contribution in [0.1, 0.15) is 0 Å². The molecule has 0 aliphatic carbocycles. The van der Waals surface area contributed by atoms with E-state index in [1.54, 1.807) is 0 Å². The molecule has 300 valence electrons. The molecule has 12 rings (SSSR count). The largest absolute Gasteiger partial charge is 0.311 e. The van der Waals surface area contributed by atoms with Gasteiger partial charge in [-0.15, -0.1) is 0 Å². The molecule has 0 bridgehead atoms. The molecule has 0 radical (unpaired) electrons. The Balaban J connectivity index is 0.944. The lowest BCUT2D eigenvalue weighted by molar-refractivity contribution is 1.19. The Morgan fingerprint density at radius 2 is 0.719 bits per heavy atom. The zero-order valence-electron chi connectivity index (χ0n) is 35.1. The molecular formula is C62H42N2. The first-order chi connectivity index (χ1) is 31.7. The molecule has 11 aromatic carbocycles. The van der Waals surface area contributed by atoms with Crippen molar-refractivity contribution in [1.29, 1.82) is 0 Å². The molecule has 0 amide bonds. The zero-order valence-corrected chi connectivity index (χ0v) is 35.1. The molecule has 12 aromatic rings. The number of hydrogen-bond donors (Lipinski definition) is 0. The summed E-state index contributed by atoms with van der Waals surface area (Å²) in [6, 6.07) is 92.6. The maximum Gasteiger partial charge on any atom is 0.0619 e. The van der Waals surface area contributed by atoms with E-state index in [1.807, 2.05) is 0 Å². The molecule has 0 saturated heterocycles. The van der Waals surface area contributed by atoms with Crippen LogP contribution in [0.3, 0.4) is 0 Å². The number of aromatic nitrogens is 1. The van der Waals surface area contributed by atoms with Crippen LogP contribution in [-0.2, 0) is 0 Å². The third kappa shape index (κ3) is 6.61. The third-order valence-electron chi connectivity index (χ3n) is 12.8. The fourth-order valence-corrected chi connectivity index (χ4v) is 9.63. The molecule has 0 spiro atoms. The van der Waals surface area contributed by atoms with Crippen molar-refractivity contribution in [3.05, 3.63) is 255 Å². The smallest absolute Gasteiger partial charge is 0.0619 e. The molecule has 64 heavy (non-hydrogen) atoms. The highest BCUT2D eigenvalue weighted by Gasteiger charge is 2.18. The monoisotopic (exact) mass is 814 g/mol. The van der Waals surface area contributed by atoms with Crippen molar-refractivity contribution in [2.75, 3.05) is 4.90 Å². The van der Waals surface area contributed by atoms with Crippen LogP contribution in [0.5, 0.6) is 0 Å². The normalized spacial score (nSPS) is 11.4. The number of fused-ring (bicyclic) bond motifs is 6. The van der Waals surface area contributed by atoms with Gasteiger partial charge in [0, 0.05) is 38.9 Å². The van der Waals surface area contributed by atoms with Gasteiger partial charge in [-0.05, 0) is 121 Å². The first-order valence-electron chi connectivity index (χ1n) is 22.0. The minimum absolute atomic E-state index is 1.09. The van der Waals surface area contributed by atoms with E-state index in [1.165, 1.54) is 87.9 Å². The second-order valence-corrected chi connectivity index (χ2v) is 16.5. The van der Waals surface area contributed by atoms with E-state index < -0.39 is 0 Å². The fourth-order valence-electron chi connectivity index (χ4n) is 9.63. The summed E-state index contributed by atoms with van der Waals surface area (Å²) in [7, 11) is 0. The van der Waals surface area contributed by atoms with E-state index in [0.717, 1.165) is 22.7 Å². The van der Waals surface area contributed by atoms with Gasteiger partial charge in [0.25, 0.3) is 0 Å². The summed E-state index contributed by atoms with van der Waals surface area (Å²) in [4.78, 5) is 2.36. The first kappa shape index (κ1) is 37.3. The Kier molecular flexibility index (Phi) is 9.20. The van der Waals surface area contributed by atoms with E-state index in [2.05, 4.69) is 264 Å². The predicted molar refractivity (Wildman–Crippen MR) is 272 cm³/mol. The summed E-state index contributed by atoms with van der Waals surface area (Å²) in [5.74, 6) is 0. The second-order valence-electron chi connectivity index (χ2n) is 16.5. The Morgan fingerprint density at radius 3 is 1.38 bits per heavy atom. The van der Waals surface area contributed by atoms with Crippen LogP contribution >= 0.6 is 0 Å². The molecule has 1 heterocycles. The summed E-state index contributed by atoms with van der Waals surface area (Å²) >= 11 is 0. The molecule has 0 unspecified atom stereocenters. The van der Waals surface area contributed by atoms with Gasteiger partial charge >= 0.3 is 0 Å². The average molecular weight is 815 g/mol. The standard InChI is InChI=1S/C62H42N2/c1-3-13-43(14-4-1)49-18-11-19-50(41-49)44-25-33-53(34-26-44)63(55-37-29-48(30-38-55)57-24-12-17-46-15-7-9-22-56(46)57)54-35-27-45(28-36-54)51-32-39-59-60-40-31-47-16-8-10-23-58(47)62(60)64(61(59)42-51)52-20-5-2-6-21-52/h1-42H. The number of rotatable bonds is 8. The fraction of sp³-hybridized carbons (Fsp3) is 0. The Morgan fingerprint density at radius 1 is 0.266 bits per heavy atom. The summed E-state index contributed by atoms with van der Waals surface area (Å²) < 4.78 is 2.44. The van der Waals surface area contributed by atoms with Crippen LogP contribution in [0.4, 0.5) is 17.1 Å². The summed E-state index contributed by atoms with van der Waals surface area (Å²) in [6.45, 7) is 0. The highest BCUT2D eigenvalue weighted by atomic mass is 15.1. The third-order valence-corrected chi connectivity index (χ3v) is 12.8. The van der Waals surface area contributed by atoms with Crippen molar-refractivity contribution in [2.45, 2.75) is 0 Å². The SMILES string of the molecule is c1ccc(-c2cccc(-c3ccc(N(c4ccc(-c5ccc6c7ccc8ccccc8c7n(-c7ccccc7)c6c5)cc4)c4ccc(-c5cccc6ccccc56)cc4)cc3)c2)cc1. The first-order valence-corrected chi connectivity index (χ1v) is 22.0. The molecule has 0 aliphatic rings. The van der Waals surface area contributed by atoms with Crippen LogP contribution in [0.15, 0.2) is 255 Å². The molecule has 0 saturated carbocycles. The second kappa shape index (κ2) is 15.8. The topological polar surface area (TPSA) is 8.17 Å². The molecule has 0 fully saturated rings. The van der Waals surface area contributed by atoms with E-state index in [0.29, 0.717) is 0 Å². The lowest BCUT2D eigenvalue weighted by atomic mass is 9.97.